The molecule has 3 aromatic rings. The van der Waals surface area contributed by atoms with Gasteiger partial charge in [0.2, 0.25) is 29.5 Å². The second-order valence-electron chi connectivity index (χ2n) is 16.2. The van der Waals surface area contributed by atoms with Gasteiger partial charge in [-0.1, -0.05) is 80.6 Å². The fourth-order valence-electron chi connectivity index (χ4n) is 7.52. The van der Waals surface area contributed by atoms with E-state index >= 15 is 0 Å². The van der Waals surface area contributed by atoms with Crippen LogP contribution in [0.3, 0.4) is 0 Å². The third-order valence-corrected chi connectivity index (χ3v) is 11.0. The number of nitrogens with two attached hydrogens (primary N) is 1. The van der Waals surface area contributed by atoms with Crippen LogP contribution in [0.25, 0.3) is 11.1 Å². The maximum atomic E-state index is 14.5. The molecule has 3 heterocycles. The predicted octanol–water partition coefficient (Wildman–Crippen LogP) is 0.971. The number of hydrogen-bond acceptors (Lipinski definition) is 9. The molecule has 7 N–H and O–H groups in total. The summed E-state index contributed by atoms with van der Waals surface area (Å²) in [5.41, 5.74) is 8.27. The van der Waals surface area contributed by atoms with Gasteiger partial charge in [-0.2, -0.15) is 0 Å². The molecular formula is C40H53N9O6. The van der Waals surface area contributed by atoms with Gasteiger partial charge in [-0.25, -0.2) is 4.68 Å². The van der Waals surface area contributed by atoms with Crippen molar-refractivity contribution in [2.24, 2.45) is 17.1 Å². The zero-order valence-corrected chi connectivity index (χ0v) is 31.8. The topological polar surface area (TPSA) is 214 Å². The van der Waals surface area contributed by atoms with E-state index in [1.807, 2.05) is 75.4 Å². The molecule has 2 aromatic carbocycles. The van der Waals surface area contributed by atoms with Crippen LogP contribution in [0.2, 0.25) is 0 Å². The second-order valence-corrected chi connectivity index (χ2v) is 16.2. The molecule has 55 heavy (non-hydrogen) atoms. The lowest BCUT2D eigenvalue weighted by atomic mass is 9.85. The van der Waals surface area contributed by atoms with Crippen LogP contribution < -0.4 is 27.0 Å². The number of nitrogens with one attached hydrogen (secondary N) is 4. The van der Waals surface area contributed by atoms with Crippen LogP contribution >= 0.6 is 0 Å². The van der Waals surface area contributed by atoms with Gasteiger partial charge in [0, 0.05) is 44.4 Å². The SMILES string of the molecule is CC(C)(C)C1C(=O)N2C[C@H](O)C[C@H]2C(=O)N[C@H](Cc2ccc(-c3ccccc3)cc2)C(=O)NCCC[C@H](CN)C(=O)NCC(=O)NCC2(CC2)c2cn1nn2. The number of aliphatic hydroxyl groups excluding tert-OH is 1. The summed E-state index contributed by atoms with van der Waals surface area (Å²) >= 11 is 0. The number of benzene rings is 2. The van der Waals surface area contributed by atoms with Crippen molar-refractivity contribution in [2.45, 2.75) is 88.9 Å². The molecule has 2 fully saturated rings. The summed E-state index contributed by atoms with van der Waals surface area (Å²) in [7, 11) is 0. The number of carbonyl (C=O) groups is 5. The molecule has 15 heteroatoms. The molecule has 1 unspecified atom stereocenters. The molecule has 1 aliphatic carbocycles. The van der Waals surface area contributed by atoms with E-state index in [2.05, 4.69) is 31.6 Å². The minimum absolute atomic E-state index is 0.00249. The quantitative estimate of drug-likeness (QED) is 0.224. The number of nitrogens with zero attached hydrogens (tertiary/aromatic N) is 4. The normalized spacial score (nSPS) is 25.7. The second kappa shape index (κ2) is 16.7. The van der Waals surface area contributed by atoms with E-state index < -0.39 is 58.7 Å². The summed E-state index contributed by atoms with van der Waals surface area (Å²) in [4.78, 5) is 69.6. The van der Waals surface area contributed by atoms with Crippen LogP contribution in [-0.4, -0.2) is 105 Å². The van der Waals surface area contributed by atoms with Gasteiger partial charge in [-0.3, -0.25) is 24.0 Å². The Morgan fingerprint density at radius 2 is 1.62 bits per heavy atom. The summed E-state index contributed by atoms with van der Waals surface area (Å²) < 4.78 is 1.51. The van der Waals surface area contributed by atoms with E-state index in [1.165, 1.54) is 9.58 Å². The Hall–Kier alpha value is -5.15. The van der Waals surface area contributed by atoms with Crippen LogP contribution in [0.5, 0.6) is 0 Å². The minimum Gasteiger partial charge on any atom is -0.391 e. The van der Waals surface area contributed by atoms with Crippen LogP contribution in [0, 0.1) is 11.3 Å². The van der Waals surface area contributed by atoms with E-state index in [1.54, 1.807) is 6.20 Å². The molecule has 6 rings (SSSR count). The van der Waals surface area contributed by atoms with Gasteiger partial charge in [0.25, 0.3) is 0 Å². The summed E-state index contributed by atoms with van der Waals surface area (Å²) in [6.07, 6.45) is 3.25. The first kappa shape index (κ1) is 39.5. The van der Waals surface area contributed by atoms with Crippen molar-refractivity contribution in [3.8, 4) is 11.1 Å². The smallest absolute Gasteiger partial charge is 0.248 e. The maximum Gasteiger partial charge on any atom is 0.248 e. The van der Waals surface area contributed by atoms with E-state index in [-0.39, 0.29) is 57.4 Å². The third kappa shape index (κ3) is 9.39. The molecule has 294 valence electrons. The molecule has 2 bridgehead atoms. The van der Waals surface area contributed by atoms with Crippen LogP contribution in [0.1, 0.15) is 70.2 Å². The number of aliphatic hydroxyl groups is 1. The average molecular weight is 756 g/mol. The lowest BCUT2D eigenvalue weighted by Crippen LogP contribution is -2.55. The first-order chi connectivity index (χ1) is 26.3. The number of aromatic nitrogens is 3. The number of fused-ring (bicyclic) bond motifs is 4. The Morgan fingerprint density at radius 1 is 0.909 bits per heavy atom. The highest BCUT2D eigenvalue weighted by atomic mass is 16.3. The third-order valence-electron chi connectivity index (χ3n) is 11.0. The Morgan fingerprint density at radius 3 is 2.29 bits per heavy atom. The molecule has 3 aliphatic rings. The molecule has 1 spiro atoms. The molecule has 5 atom stereocenters. The molecule has 1 saturated heterocycles. The van der Waals surface area contributed by atoms with Crippen LogP contribution in [-0.2, 0) is 35.8 Å². The van der Waals surface area contributed by atoms with Crippen molar-refractivity contribution in [3.63, 3.8) is 0 Å². The van der Waals surface area contributed by atoms with E-state index in [4.69, 9.17) is 5.73 Å². The summed E-state index contributed by atoms with van der Waals surface area (Å²) in [6.45, 7) is 5.97. The van der Waals surface area contributed by atoms with Gasteiger partial charge < -0.3 is 37.0 Å². The highest BCUT2D eigenvalue weighted by molar-refractivity contribution is 5.93. The van der Waals surface area contributed by atoms with Gasteiger partial charge in [-0.15, -0.1) is 5.10 Å². The first-order valence-corrected chi connectivity index (χ1v) is 19.2. The lowest BCUT2D eigenvalue weighted by molar-refractivity contribution is -0.144. The molecule has 1 saturated carbocycles. The highest BCUT2D eigenvalue weighted by Crippen LogP contribution is 2.47. The summed E-state index contributed by atoms with van der Waals surface area (Å²) in [5.74, 6) is -2.66. The highest BCUT2D eigenvalue weighted by Gasteiger charge is 2.49. The van der Waals surface area contributed by atoms with Crippen molar-refractivity contribution in [2.75, 3.05) is 32.7 Å². The maximum absolute atomic E-state index is 14.5. The van der Waals surface area contributed by atoms with Gasteiger partial charge in [-0.05, 0) is 47.8 Å². The standard InChI is InChI=1S/C40H53N9O6/c1-39(2,3)34-38(55)48-22-29(50)19-31(48)37(54)45-30(18-25-11-13-27(14-12-25)26-8-5-4-6-9-26)36(53)42-17-7-10-28(20-41)35(52)43-21-33(51)44-24-40(15-16-40)32-23-49(34)47-46-32/h4-6,8-9,11-14,23,28-31,34,50H,7,10,15-22,24,41H2,1-3H3,(H,42,53)(H,43,52)(H,44,51)(H,45,54)/t28-,29-,30-,31+,34?/m1/s1. The van der Waals surface area contributed by atoms with Gasteiger partial charge in [0.05, 0.1) is 30.5 Å². The fourth-order valence-corrected chi connectivity index (χ4v) is 7.52. The largest absolute Gasteiger partial charge is 0.391 e. The zero-order valence-electron chi connectivity index (χ0n) is 31.8. The minimum atomic E-state index is -1.04. The monoisotopic (exact) mass is 755 g/mol. The van der Waals surface area contributed by atoms with Crippen molar-refractivity contribution < 1.29 is 29.1 Å². The molecule has 0 radical (unpaired) electrons. The molecule has 5 amide bonds. The number of hydrogen-bond donors (Lipinski definition) is 6. The molecule has 1 aromatic heterocycles. The van der Waals surface area contributed by atoms with Gasteiger partial charge in [0.15, 0.2) is 0 Å². The van der Waals surface area contributed by atoms with Crippen LogP contribution in [0.15, 0.2) is 60.8 Å². The molecule has 2 aliphatic heterocycles. The number of rotatable bonds is 4. The number of carbonyl (C=O) groups excluding carboxylic acids is 5. The Labute approximate surface area is 321 Å². The Balaban J connectivity index is 1.28. The molecule has 15 nitrogen and oxygen atoms in total. The summed E-state index contributed by atoms with van der Waals surface area (Å²) in [5, 5.41) is 31.0. The predicted molar refractivity (Wildman–Crippen MR) is 204 cm³/mol. The van der Waals surface area contributed by atoms with Crippen LogP contribution in [0.4, 0.5) is 0 Å². The fraction of sp³-hybridized carbons (Fsp3) is 0.525. The van der Waals surface area contributed by atoms with E-state index in [9.17, 15) is 29.1 Å². The molecular weight excluding hydrogens is 702 g/mol. The Bertz CT molecular complexity index is 1850. The van der Waals surface area contributed by atoms with E-state index in [0.29, 0.717) is 18.5 Å². The van der Waals surface area contributed by atoms with Crippen molar-refractivity contribution in [1.82, 2.24) is 41.2 Å². The first-order valence-electron chi connectivity index (χ1n) is 19.2. The van der Waals surface area contributed by atoms with Crippen molar-refractivity contribution in [3.05, 3.63) is 72.1 Å². The van der Waals surface area contributed by atoms with Crippen molar-refractivity contribution >= 4 is 29.5 Å². The summed E-state index contributed by atoms with van der Waals surface area (Å²) in [6, 6.07) is 14.7. The van der Waals surface area contributed by atoms with Crippen molar-refractivity contribution in [1.29, 1.82) is 0 Å². The number of amides is 5. The Kier molecular flexibility index (Phi) is 12.0. The lowest BCUT2D eigenvalue weighted by Gasteiger charge is -2.35. The van der Waals surface area contributed by atoms with Gasteiger partial charge >= 0.3 is 0 Å². The van der Waals surface area contributed by atoms with Gasteiger partial charge in [0.1, 0.15) is 18.1 Å². The zero-order chi connectivity index (χ0) is 39.3. The van der Waals surface area contributed by atoms with E-state index in [0.717, 1.165) is 29.5 Å². The average Bonchev–Trinajstić information content (AvgIpc) is 3.61.